The van der Waals surface area contributed by atoms with Crippen LogP contribution in [0.25, 0.3) is 0 Å². The SMILES string of the molecule is CCc1noc(CC2CCC2)n1. The molecule has 12 heavy (non-hydrogen) atoms. The molecule has 0 N–H and O–H groups in total. The van der Waals surface area contributed by atoms with Crippen LogP contribution < -0.4 is 0 Å². The number of rotatable bonds is 3. The molecule has 0 aromatic carbocycles. The van der Waals surface area contributed by atoms with E-state index in [4.69, 9.17) is 4.52 Å². The smallest absolute Gasteiger partial charge is 0.226 e. The number of nitrogens with zero attached hydrogens (tertiary/aromatic N) is 2. The molecule has 0 atom stereocenters. The largest absolute Gasteiger partial charge is 0.339 e. The van der Waals surface area contributed by atoms with Gasteiger partial charge in [0.1, 0.15) is 0 Å². The van der Waals surface area contributed by atoms with Crippen LogP contribution in [-0.2, 0) is 12.8 Å². The summed E-state index contributed by atoms with van der Waals surface area (Å²) in [5.41, 5.74) is 0. The quantitative estimate of drug-likeness (QED) is 0.689. The van der Waals surface area contributed by atoms with Crippen LogP contribution in [0.4, 0.5) is 0 Å². The van der Waals surface area contributed by atoms with Gasteiger partial charge in [-0.1, -0.05) is 18.5 Å². The van der Waals surface area contributed by atoms with Crippen molar-refractivity contribution in [1.82, 2.24) is 10.1 Å². The van der Waals surface area contributed by atoms with E-state index in [1.165, 1.54) is 19.3 Å². The van der Waals surface area contributed by atoms with Crippen LogP contribution >= 0.6 is 0 Å². The minimum absolute atomic E-state index is 0.815. The fraction of sp³-hybridized carbons (Fsp3) is 0.778. The zero-order valence-corrected chi connectivity index (χ0v) is 7.42. The van der Waals surface area contributed by atoms with Crippen molar-refractivity contribution in [2.75, 3.05) is 0 Å². The zero-order chi connectivity index (χ0) is 8.39. The third-order valence-corrected chi connectivity index (χ3v) is 2.51. The van der Waals surface area contributed by atoms with E-state index < -0.39 is 0 Å². The van der Waals surface area contributed by atoms with Gasteiger partial charge >= 0.3 is 0 Å². The van der Waals surface area contributed by atoms with E-state index in [9.17, 15) is 0 Å². The van der Waals surface area contributed by atoms with Crippen molar-refractivity contribution in [3.8, 4) is 0 Å². The average Bonchev–Trinajstić information content (AvgIpc) is 2.44. The molecule has 3 heteroatoms. The van der Waals surface area contributed by atoms with Gasteiger partial charge in [-0.3, -0.25) is 0 Å². The Balaban J connectivity index is 1.93. The maximum absolute atomic E-state index is 5.10. The minimum Gasteiger partial charge on any atom is -0.339 e. The topological polar surface area (TPSA) is 38.9 Å². The number of hydrogen-bond donors (Lipinski definition) is 0. The van der Waals surface area contributed by atoms with Crippen molar-refractivity contribution in [3.05, 3.63) is 11.7 Å². The van der Waals surface area contributed by atoms with Gasteiger partial charge in [-0.25, -0.2) is 0 Å². The molecule has 66 valence electrons. The molecule has 0 bridgehead atoms. The van der Waals surface area contributed by atoms with Crippen LogP contribution in [0, 0.1) is 5.92 Å². The highest BCUT2D eigenvalue weighted by atomic mass is 16.5. The second-order valence-corrected chi connectivity index (χ2v) is 3.46. The van der Waals surface area contributed by atoms with Crippen molar-refractivity contribution in [2.45, 2.75) is 39.0 Å². The standard InChI is InChI=1S/C9H14N2O/c1-2-8-10-9(12-11-8)6-7-4-3-5-7/h7H,2-6H2,1H3. The lowest BCUT2D eigenvalue weighted by molar-refractivity contribution is 0.273. The molecule has 1 heterocycles. The Kier molecular flexibility index (Phi) is 2.11. The fourth-order valence-corrected chi connectivity index (χ4v) is 1.46. The molecule has 1 aromatic rings. The van der Waals surface area contributed by atoms with E-state index in [2.05, 4.69) is 10.1 Å². The monoisotopic (exact) mass is 166 g/mol. The van der Waals surface area contributed by atoms with Gasteiger partial charge in [0.2, 0.25) is 5.89 Å². The lowest BCUT2D eigenvalue weighted by Gasteiger charge is -2.23. The van der Waals surface area contributed by atoms with E-state index in [1.54, 1.807) is 0 Å². The summed E-state index contributed by atoms with van der Waals surface area (Å²) in [5, 5.41) is 3.86. The van der Waals surface area contributed by atoms with E-state index in [0.717, 1.165) is 30.5 Å². The van der Waals surface area contributed by atoms with Gasteiger partial charge in [0, 0.05) is 12.8 Å². The Morgan fingerprint density at radius 2 is 2.33 bits per heavy atom. The van der Waals surface area contributed by atoms with E-state index in [-0.39, 0.29) is 0 Å². The Labute approximate surface area is 72.2 Å². The second kappa shape index (κ2) is 3.25. The molecule has 0 unspecified atom stereocenters. The molecule has 2 rings (SSSR count). The molecule has 1 fully saturated rings. The van der Waals surface area contributed by atoms with Gasteiger partial charge in [-0.05, 0) is 18.8 Å². The summed E-state index contributed by atoms with van der Waals surface area (Å²) in [6, 6.07) is 0. The van der Waals surface area contributed by atoms with Crippen LogP contribution in [-0.4, -0.2) is 10.1 Å². The lowest BCUT2D eigenvalue weighted by atomic mass is 9.83. The number of hydrogen-bond acceptors (Lipinski definition) is 3. The van der Waals surface area contributed by atoms with Crippen LogP contribution in [0.2, 0.25) is 0 Å². The van der Waals surface area contributed by atoms with Crippen LogP contribution in [0.1, 0.15) is 37.9 Å². The molecule has 0 radical (unpaired) electrons. The highest BCUT2D eigenvalue weighted by Crippen LogP contribution is 2.29. The molecule has 0 saturated heterocycles. The first-order chi connectivity index (χ1) is 5.88. The molecule has 0 spiro atoms. The van der Waals surface area contributed by atoms with Gasteiger partial charge in [0.05, 0.1) is 0 Å². The Hall–Kier alpha value is -0.860. The fourth-order valence-electron chi connectivity index (χ4n) is 1.46. The van der Waals surface area contributed by atoms with Crippen LogP contribution in [0.3, 0.4) is 0 Å². The Morgan fingerprint density at radius 1 is 1.50 bits per heavy atom. The van der Waals surface area contributed by atoms with Crippen molar-refractivity contribution in [1.29, 1.82) is 0 Å². The first-order valence-corrected chi connectivity index (χ1v) is 4.70. The summed E-state index contributed by atoms with van der Waals surface area (Å²) in [4.78, 5) is 4.27. The zero-order valence-electron chi connectivity index (χ0n) is 7.42. The second-order valence-electron chi connectivity index (χ2n) is 3.46. The molecular formula is C9H14N2O. The van der Waals surface area contributed by atoms with E-state index in [0.29, 0.717) is 0 Å². The van der Waals surface area contributed by atoms with Gasteiger partial charge in [0.25, 0.3) is 0 Å². The van der Waals surface area contributed by atoms with Crippen molar-refractivity contribution >= 4 is 0 Å². The molecule has 1 aromatic heterocycles. The summed E-state index contributed by atoms with van der Waals surface area (Å²) >= 11 is 0. The predicted octanol–water partition coefficient (Wildman–Crippen LogP) is 1.97. The number of aryl methyl sites for hydroxylation is 1. The maximum Gasteiger partial charge on any atom is 0.226 e. The third kappa shape index (κ3) is 1.49. The average molecular weight is 166 g/mol. The Morgan fingerprint density at radius 3 is 2.83 bits per heavy atom. The molecule has 0 amide bonds. The minimum atomic E-state index is 0.815. The normalized spacial score (nSPS) is 17.8. The molecular weight excluding hydrogens is 152 g/mol. The van der Waals surface area contributed by atoms with E-state index in [1.807, 2.05) is 6.92 Å². The van der Waals surface area contributed by atoms with Gasteiger partial charge in [-0.2, -0.15) is 4.98 Å². The molecule has 1 aliphatic rings. The van der Waals surface area contributed by atoms with Gasteiger partial charge in [-0.15, -0.1) is 0 Å². The van der Waals surface area contributed by atoms with E-state index >= 15 is 0 Å². The maximum atomic E-state index is 5.10. The molecule has 0 aliphatic heterocycles. The summed E-state index contributed by atoms with van der Waals surface area (Å²) in [7, 11) is 0. The first-order valence-electron chi connectivity index (χ1n) is 4.70. The van der Waals surface area contributed by atoms with Gasteiger partial charge in [0.15, 0.2) is 5.82 Å². The highest BCUT2D eigenvalue weighted by molar-refractivity contribution is 4.88. The summed E-state index contributed by atoms with van der Waals surface area (Å²) < 4.78 is 5.10. The van der Waals surface area contributed by atoms with Crippen LogP contribution in [0.15, 0.2) is 4.52 Å². The molecule has 1 aliphatic carbocycles. The Bertz CT molecular complexity index is 253. The summed E-state index contributed by atoms with van der Waals surface area (Å²) in [5.74, 6) is 2.48. The molecule has 1 saturated carbocycles. The van der Waals surface area contributed by atoms with Gasteiger partial charge < -0.3 is 4.52 Å². The van der Waals surface area contributed by atoms with Crippen molar-refractivity contribution in [2.24, 2.45) is 5.92 Å². The third-order valence-electron chi connectivity index (χ3n) is 2.51. The van der Waals surface area contributed by atoms with Crippen molar-refractivity contribution < 1.29 is 4.52 Å². The van der Waals surface area contributed by atoms with Crippen molar-refractivity contribution in [3.63, 3.8) is 0 Å². The lowest BCUT2D eigenvalue weighted by Crippen LogP contribution is -2.13. The highest BCUT2D eigenvalue weighted by Gasteiger charge is 2.20. The summed E-state index contributed by atoms with van der Waals surface area (Å²) in [6.07, 6.45) is 5.91. The first kappa shape index (κ1) is 7.77. The molecule has 3 nitrogen and oxygen atoms in total. The number of aromatic nitrogens is 2. The van der Waals surface area contributed by atoms with Crippen LogP contribution in [0.5, 0.6) is 0 Å². The summed E-state index contributed by atoms with van der Waals surface area (Å²) in [6.45, 7) is 2.04. The predicted molar refractivity (Wildman–Crippen MR) is 44.7 cm³/mol.